The first kappa shape index (κ1) is 19.0. The summed E-state index contributed by atoms with van der Waals surface area (Å²) in [5.41, 5.74) is 0.721. The van der Waals surface area contributed by atoms with Gasteiger partial charge >= 0.3 is 0 Å². The molecule has 6 heteroatoms. The first-order chi connectivity index (χ1) is 12.6. The van der Waals surface area contributed by atoms with Crippen molar-refractivity contribution in [2.24, 2.45) is 0 Å². The number of para-hydroxylation sites is 1. The molecule has 1 amide bonds. The molecule has 2 aromatic rings. The van der Waals surface area contributed by atoms with E-state index in [1.165, 1.54) is 11.8 Å². The highest BCUT2D eigenvalue weighted by Crippen LogP contribution is 2.32. The van der Waals surface area contributed by atoms with Gasteiger partial charge in [0.05, 0.1) is 16.7 Å². The number of hydrogen-bond acceptors (Lipinski definition) is 4. The summed E-state index contributed by atoms with van der Waals surface area (Å²) in [4.78, 5) is 30.0. The first-order valence-corrected chi connectivity index (χ1v) is 10.5. The molecule has 0 bridgehead atoms. The van der Waals surface area contributed by atoms with Crippen LogP contribution in [-0.4, -0.2) is 27.3 Å². The van der Waals surface area contributed by atoms with Crippen molar-refractivity contribution in [3.63, 3.8) is 0 Å². The molecule has 140 valence electrons. The van der Waals surface area contributed by atoms with E-state index in [1.807, 2.05) is 35.8 Å². The first-order valence-electron chi connectivity index (χ1n) is 9.53. The second kappa shape index (κ2) is 8.71. The Bertz CT molecular complexity index is 827. The Morgan fingerprint density at radius 2 is 2.08 bits per heavy atom. The minimum Gasteiger partial charge on any atom is -0.353 e. The van der Waals surface area contributed by atoms with Crippen molar-refractivity contribution in [2.75, 3.05) is 5.75 Å². The fraction of sp³-hybridized carbons (Fsp3) is 0.550. The van der Waals surface area contributed by atoms with Crippen LogP contribution < -0.4 is 10.9 Å². The Kier molecular flexibility index (Phi) is 6.35. The third-order valence-electron chi connectivity index (χ3n) is 4.93. The van der Waals surface area contributed by atoms with Gasteiger partial charge in [-0.3, -0.25) is 14.2 Å². The minimum atomic E-state index is -0.00340. The number of thioether (sulfide) groups is 1. The molecule has 1 aliphatic rings. The molecule has 1 heterocycles. The zero-order valence-corrected chi connectivity index (χ0v) is 16.3. The van der Waals surface area contributed by atoms with Gasteiger partial charge in [0.25, 0.3) is 5.56 Å². The Balaban J connectivity index is 1.85. The van der Waals surface area contributed by atoms with Crippen LogP contribution in [0.5, 0.6) is 0 Å². The van der Waals surface area contributed by atoms with Crippen LogP contribution in [0.1, 0.15) is 58.4 Å². The summed E-state index contributed by atoms with van der Waals surface area (Å²) in [6, 6.07) is 7.84. The highest BCUT2D eigenvalue weighted by Gasteiger charge is 2.23. The topological polar surface area (TPSA) is 64.0 Å². The third kappa shape index (κ3) is 4.29. The van der Waals surface area contributed by atoms with Gasteiger partial charge in [0, 0.05) is 12.1 Å². The number of hydrogen-bond donors (Lipinski definition) is 1. The molecule has 0 saturated heterocycles. The van der Waals surface area contributed by atoms with Crippen LogP contribution in [0.25, 0.3) is 10.9 Å². The van der Waals surface area contributed by atoms with Crippen molar-refractivity contribution in [3.05, 3.63) is 34.6 Å². The molecule has 5 nitrogen and oxygen atoms in total. The lowest BCUT2D eigenvalue weighted by molar-refractivity contribution is -0.119. The molecular formula is C20H27N3O2S. The van der Waals surface area contributed by atoms with Crippen molar-refractivity contribution in [2.45, 2.75) is 69.6 Å². The fourth-order valence-corrected chi connectivity index (χ4v) is 4.54. The van der Waals surface area contributed by atoms with E-state index >= 15 is 0 Å². The van der Waals surface area contributed by atoms with Crippen LogP contribution in [-0.2, 0) is 4.79 Å². The minimum absolute atomic E-state index is 0.00340. The van der Waals surface area contributed by atoms with Gasteiger partial charge < -0.3 is 5.32 Å². The molecule has 1 saturated carbocycles. The monoisotopic (exact) mass is 373 g/mol. The van der Waals surface area contributed by atoms with Crippen molar-refractivity contribution in [1.82, 2.24) is 14.9 Å². The standard InChI is InChI=1S/C20H27N3O2S/c1-3-8-14(2)21-18(24)13-26-20-22-17-12-7-6-11-16(17)19(25)23(20)15-9-4-5-10-15/h6-7,11-12,14-15H,3-5,8-10,13H2,1-2H3,(H,21,24)/t14-/m0/s1. The Morgan fingerprint density at radius 1 is 1.35 bits per heavy atom. The van der Waals surface area contributed by atoms with E-state index in [-0.39, 0.29) is 29.3 Å². The van der Waals surface area contributed by atoms with Crippen LogP contribution in [0.3, 0.4) is 0 Å². The van der Waals surface area contributed by atoms with Gasteiger partial charge in [-0.2, -0.15) is 0 Å². The average Bonchev–Trinajstić information content (AvgIpc) is 3.14. The van der Waals surface area contributed by atoms with Crippen LogP contribution >= 0.6 is 11.8 Å². The second-order valence-electron chi connectivity index (χ2n) is 7.07. The van der Waals surface area contributed by atoms with Crippen LogP contribution in [0.4, 0.5) is 0 Å². The number of nitrogens with one attached hydrogen (secondary N) is 1. The van der Waals surface area contributed by atoms with E-state index in [4.69, 9.17) is 4.98 Å². The normalized spacial score (nSPS) is 16.1. The zero-order valence-electron chi connectivity index (χ0n) is 15.5. The molecule has 1 fully saturated rings. The smallest absolute Gasteiger partial charge is 0.262 e. The van der Waals surface area contributed by atoms with Gasteiger partial charge in [-0.25, -0.2) is 4.98 Å². The molecule has 0 spiro atoms. The summed E-state index contributed by atoms with van der Waals surface area (Å²) in [7, 11) is 0. The molecule has 1 atom stereocenters. The average molecular weight is 374 g/mol. The number of aromatic nitrogens is 2. The van der Waals surface area contributed by atoms with E-state index < -0.39 is 0 Å². The van der Waals surface area contributed by atoms with Crippen molar-refractivity contribution < 1.29 is 4.79 Å². The van der Waals surface area contributed by atoms with E-state index in [0.29, 0.717) is 16.1 Å². The molecule has 26 heavy (non-hydrogen) atoms. The van der Waals surface area contributed by atoms with E-state index in [0.717, 1.165) is 38.5 Å². The SMILES string of the molecule is CCC[C@H](C)NC(=O)CSc1nc2ccccc2c(=O)n1C1CCCC1. The fourth-order valence-electron chi connectivity index (χ4n) is 3.66. The lowest BCUT2D eigenvalue weighted by Crippen LogP contribution is -2.34. The summed E-state index contributed by atoms with van der Waals surface area (Å²) >= 11 is 1.37. The summed E-state index contributed by atoms with van der Waals surface area (Å²) in [6.45, 7) is 4.13. The largest absolute Gasteiger partial charge is 0.353 e. The van der Waals surface area contributed by atoms with Crippen molar-refractivity contribution in [3.8, 4) is 0 Å². The molecule has 0 aliphatic heterocycles. The zero-order chi connectivity index (χ0) is 18.5. The summed E-state index contributed by atoms with van der Waals surface area (Å²) < 4.78 is 1.84. The Morgan fingerprint density at radius 3 is 2.81 bits per heavy atom. The predicted octanol–water partition coefficient (Wildman–Crippen LogP) is 3.91. The Hall–Kier alpha value is -1.82. The molecular weight excluding hydrogens is 346 g/mol. The molecule has 3 rings (SSSR count). The van der Waals surface area contributed by atoms with Gasteiger partial charge in [0.2, 0.25) is 5.91 Å². The number of benzene rings is 1. The quantitative estimate of drug-likeness (QED) is 0.590. The van der Waals surface area contributed by atoms with E-state index in [1.54, 1.807) is 0 Å². The lowest BCUT2D eigenvalue weighted by Gasteiger charge is -2.19. The summed E-state index contributed by atoms with van der Waals surface area (Å²) in [5.74, 6) is 0.280. The highest BCUT2D eigenvalue weighted by atomic mass is 32.2. The molecule has 1 aromatic carbocycles. The molecule has 1 aliphatic carbocycles. The summed E-state index contributed by atoms with van der Waals surface area (Å²) in [6.07, 6.45) is 6.31. The number of fused-ring (bicyclic) bond motifs is 1. The van der Waals surface area contributed by atoms with Crippen LogP contribution in [0.2, 0.25) is 0 Å². The Labute approximate surface area is 158 Å². The summed E-state index contributed by atoms with van der Waals surface area (Å²) in [5, 5.41) is 4.34. The molecule has 0 unspecified atom stereocenters. The molecule has 1 aromatic heterocycles. The van der Waals surface area contributed by atoms with Crippen molar-refractivity contribution in [1.29, 1.82) is 0 Å². The van der Waals surface area contributed by atoms with Crippen LogP contribution in [0.15, 0.2) is 34.2 Å². The third-order valence-corrected chi connectivity index (χ3v) is 5.88. The number of carbonyl (C=O) groups excluding carboxylic acids is 1. The second-order valence-corrected chi connectivity index (χ2v) is 8.01. The maximum absolute atomic E-state index is 13.1. The van der Waals surface area contributed by atoms with Gasteiger partial charge in [-0.15, -0.1) is 0 Å². The van der Waals surface area contributed by atoms with Gasteiger partial charge in [0.15, 0.2) is 5.16 Å². The van der Waals surface area contributed by atoms with Crippen LogP contribution in [0, 0.1) is 0 Å². The number of rotatable bonds is 7. The molecule has 0 radical (unpaired) electrons. The maximum Gasteiger partial charge on any atom is 0.262 e. The van der Waals surface area contributed by atoms with Crippen molar-refractivity contribution >= 4 is 28.6 Å². The number of carbonyl (C=O) groups is 1. The highest BCUT2D eigenvalue weighted by molar-refractivity contribution is 7.99. The van der Waals surface area contributed by atoms with Gasteiger partial charge in [-0.1, -0.05) is 50.1 Å². The predicted molar refractivity (Wildman–Crippen MR) is 107 cm³/mol. The van der Waals surface area contributed by atoms with Gasteiger partial charge in [-0.05, 0) is 38.3 Å². The number of amides is 1. The number of nitrogens with zero attached hydrogens (tertiary/aromatic N) is 2. The van der Waals surface area contributed by atoms with E-state index in [9.17, 15) is 9.59 Å². The van der Waals surface area contributed by atoms with E-state index in [2.05, 4.69) is 12.2 Å². The molecule has 1 N–H and O–H groups in total. The van der Waals surface area contributed by atoms with Gasteiger partial charge in [0.1, 0.15) is 0 Å². The lowest BCUT2D eigenvalue weighted by atomic mass is 10.2. The maximum atomic E-state index is 13.1.